The Labute approximate surface area is 191 Å². The Morgan fingerprint density at radius 2 is 1.55 bits per heavy atom. The normalized spacial score (nSPS) is 14.5. The van der Waals surface area contributed by atoms with Crippen LogP contribution in [0, 0.1) is 0 Å². The molecule has 0 N–H and O–H groups in total. The minimum absolute atomic E-state index is 0.177. The van der Waals surface area contributed by atoms with Crippen molar-refractivity contribution >= 4 is 23.5 Å². The smallest absolute Gasteiger partial charge is 0.261 e. The number of rotatable bonds is 5. The molecule has 0 saturated heterocycles. The maximum absolute atomic E-state index is 13.5. The van der Waals surface area contributed by atoms with Gasteiger partial charge in [-0.1, -0.05) is 48.5 Å². The van der Waals surface area contributed by atoms with Gasteiger partial charge in [0, 0.05) is 22.9 Å². The molecule has 0 unspecified atom stereocenters. The zero-order valence-electron chi connectivity index (χ0n) is 18.0. The minimum atomic E-state index is -0.332. The van der Waals surface area contributed by atoms with Crippen molar-refractivity contribution in [2.24, 2.45) is 0 Å². The zero-order valence-corrected chi connectivity index (χ0v) is 18.0. The average molecular weight is 435 g/mol. The molecule has 2 amide bonds. The van der Waals surface area contributed by atoms with Gasteiger partial charge >= 0.3 is 0 Å². The van der Waals surface area contributed by atoms with Crippen LogP contribution in [-0.4, -0.2) is 33.6 Å². The first-order valence-electron chi connectivity index (χ1n) is 10.5. The molecule has 1 aromatic heterocycles. The second-order valence-corrected chi connectivity index (χ2v) is 7.70. The Balaban J connectivity index is 1.52. The summed E-state index contributed by atoms with van der Waals surface area (Å²) in [5, 5.41) is 4.42. The predicted molar refractivity (Wildman–Crippen MR) is 126 cm³/mol. The van der Waals surface area contributed by atoms with E-state index in [-0.39, 0.29) is 18.4 Å². The molecule has 5 rings (SSSR count). The Kier molecular flexibility index (Phi) is 5.32. The van der Waals surface area contributed by atoms with Crippen LogP contribution in [-0.2, 0) is 11.3 Å². The summed E-state index contributed by atoms with van der Waals surface area (Å²) in [5.74, 6) is 0.0851. The average Bonchev–Trinajstić information content (AvgIpc) is 3.34. The lowest BCUT2D eigenvalue weighted by Crippen LogP contribution is -2.41. The number of ether oxygens (including phenoxy) is 1. The molecule has 4 aromatic rings. The van der Waals surface area contributed by atoms with Gasteiger partial charge in [0.05, 0.1) is 25.5 Å². The lowest BCUT2D eigenvalue weighted by Gasteiger charge is -2.28. The number of aromatic nitrogens is 2. The molecule has 0 bridgehead atoms. The van der Waals surface area contributed by atoms with Crippen molar-refractivity contribution in [3.8, 4) is 11.4 Å². The molecule has 162 valence electrons. The van der Waals surface area contributed by atoms with Gasteiger partial charge in [0.15, 0.2) is 0 Å². The van der Waals surface area contributed by atoms with E-state index in [1.807, 2.05) is 79.0 Å². The summed E-state index contributed by atoms with van der Waals surface area (Å²) in [6, 6.07) is 24.3. The van der Waals surface area contributed by atoms with Crippen LogP contribution in [0.3, 0.4) is 0 Å². The quantitative estimate of drug-likeness (QED) is 0.339. The molecular weight excluding hydrogens is 414 g/mol. The first-order valence-corrected chi connectivity index (χ1v) is 10.5. The second kappa shape index (κ2) is 8.59. The van der Waals surface area contributed by atoms with Gasteiger partial charge in [0.1, 0.15) is 5.75 Å². The largest absolute Gasteiger partial charge is 0.497 e. The van der Waals surface area contributed by atoms with Crippen LogP contribution < -0.4 is 4.74 Å². The molecule has 6 heteroatoms. The fraction of sp³-hybridized carbons (Fsp3) is 0.0741. The lowest BCUT2D eigenvalue weighted by atomic mass is 9.92. The van der Waals surface area contributed by atoms with E-state index in [1.165, 1.54) is 4.90 Å². The van der Waals surface area contributed by atoms with Crippen LogP contribution in [0.4, 0.5) is 0 Å². The molecule has 1 aliphatic rings. The van der Waals surface area contributed by atoms with Gasteiger partial charge in [-0.2, -0.15) is 5.10 Å². The van der Waals surface area contributed by atoms with Crippen LogP contribution in [0.5, 0.6) is 5.75 Å². The Morgan fingerprint density at radius 3 is 2.27 bits per heavy atom. The monoisotopic (exact) mass is 435 g/mol. The number of hydrogen-bond acceptors (Lipinski definition) is 4. The third-order valence-corrected chi connectivity index (χ3v) is 5.60. The molecule has 0 fully saturated rings. The van der Waals surface area contributed by atoms with Crippen LogP contribution in [0.1, 0.15) is 27.0 Å². The van der Waals surface area contributed by atoms with Crippen molar-refractivity contribution < 1.29 is 14.3 Å². The topological polar surface area (TPSA) is 64.4 Å². The first-order chi connectivity index (χ1) is 16.1. The molecule has 6 nitrogen and oxygen atoms in total. The van der Waals surface area contributed by atoms with Crippen molar-refractivity contribution in [1.82, 2.24) is 14.7 Å². The zero-order chi connectivity index (χ0) is 22.8. The standard InChI is InChI=1S/C27H21N3O3/c1-33-22-13-11-19(12-14-22)17-29-26(31)24-10-6-5-9-23(24)25(27(29)32)15-20-16-28-30(18-20)21-7-3-2-4-8-21/h2-16,18H,17H2,1H3. The van der Waals surface area contributed by atoms with Gasteiger partial charge in [0.25, 0.3) is 11.8 Å². The van der Waals surface area contributed by atoms with E-state index < -0.39 is 0 Å². The number of hydrogen-bond donors (Lipinski definition) is 0. The summed E-state index contributed by atoms with van der Waals surface area (Å²) in [6.45, 7) is 0.177. The van der Waals surface area contributed by atoms with Crippen LogP contribution >= 0.6 is 0 Å². The van der Waals surface area contributed by atoms with Gasteiger partial charge in [-0.05, 0) is 47.5 Å². The minimum Gasteiger partial charge on any atom is -0.497 e. The number of nitrogens with zero attached hydrogens (tertiary/aromatic N) is 3. The van der Waals surface area contributed by atoms with Gasteiger partial charge < -0.3 is 4.74 Å². The highest BCUT2D eigenvalue weighted by atomic mass is 16.5. The molecule has 1 aliphatic heterocycles. The fourth-order valence-corrected chi connectivity index (χ4v) is 3.90. The first kappa shape index (κ1) is 20.5. The molecule has 0 atom stereocenters. The highest BCUT2D eigenvalue weighted by Crippen LogP contribution is 2.31. The van der Waals surface area contributed by atoms with Crippen molar-refractivity contribution in [2.45, 2.75) is 6.54 Å². The van der Waals surface area contributed by atoms with Gasteiger partial charge in [-0.25, -0.2) is 4.68 Å². The molecule has 2 heterocycles. The van der Waals surface area contributed by atoms with Crippen molar-refractivity contribution in [3.05, 3.63) is 114 Å². The molecule has 33 heavy (non-hydrogen) atoms. The molecule has 3 aromatic carbocycles. The number of amides is 2. The Hall–Kier alpha value is -4.45. The summed E-state index contributed by atoms with van der Waals surface area (Å²) in [6.07, 6.45) is 5.36. The molecule has 0 radical (unpaired) electrons. The third-order valence-electron chi connectivity index (χ3n) is 5.60. The van der Waals surface area contributed by atoms with E-state index in [1.54, 1.807) is 30.1 Å². The number of carbonyl (C=O) groups excluding carboxylic acids is 2. The fourth-order valence-electron chi connectivity index (χ4n) is 3.90. The summed E-state index contributed by atoms with van der Waals surface area (Å²) in [4.78, 5) is 28.0. The summed E-state index contributed by atoms with van der Waals surface area (Å²) in [5.41, 5.74) is 4.14. The van der Waals surface area contributed by atoms with E-state index in [4.69, 9.17) is 4.74 Å². The summed E-state index contributed by atoms with van der Waals surface area (Å²) in [7, 11) is 1.60. The van der Waals surface area contributed by atoms with Crippen molar-refractivity contribution in [2.75, 3.05) is 7.11 Å². The summed E-state index contributed by atoms with van der Waals surface area (Å²) < 4.78 is 6.96. The second-order valence-electron chi connectivity index (χ2n) is 7.70. The van der Waals surface area contributed by atoms with Crippen molar-refractivity contribution in [1.29, 1.82) is 0 Å². The molecular formula is C27H21N3O3. The van der Waals surface area contributed by atoms with E-state index in [0.29, 0.717) is 16.7 Å². The molecule has 0 saturated carbocycles. The van der Waals surface area contributed by atoms with Crippen molar-refractivity contribution in [3.63, 3.8) is 0 Å². The highest BCUT2D eigenvalue weighted by molar-refractivity contribution is 6.33. The van der Waals surface area contributed by atoms with E-state index in [9.17, 15) is 9.59 Å². The third kappa shape index (κ3) is 3.94. The van der Waals surface area contributed by atoms with E-state index in [2.05, 4.69) is 5.10 Å². The Morgan fingerprint density at radius 1 is 0.848 bits per heavy atom. The number of methoxy groups -OCH3 is 1. The number of para-hydroxylation sites is 1. The van der Waals surface area contributed by atoms with Crippen LogP contribution in [0.15, 0.2) is 91.3 Å². The van der Waals surface area contributed by atoms with E-state index in [0.717, 1.165) is 22.6 Å². The van der Waals surface area contributed by atoms with Gasteiger partial charge in [0.2, 0.25) is 0 Å². The number of carbonyl (C=O) groups is 2. The van der Waals surface area contributed by atoms with Crippen LogP contribution in [0.25, 0.3) is 17.3 Å². The highest BCUT2D eigenvalue weighted by Gasteiger charge is 2.34. The van der Waals surface area contributed by atoms with Gasteiger partial charge in [-0.3, -0.25) is 14.5 Å². The summed E-state index contributed by atoms with van der Waals surface area (Å²) >= 11 is 0. The lowest BCUT2D eigenvalue weighted by molar-refractivity contribution is -0.123. The SMILES string of the molecule is COc1ccc(CN2C(=O)C(=Cc3cnn(-c4ccccc4)c3)c3ccccc3C2=O)cc1. The molecule has 0 aliphatic carbocycles. The van der Waals surface area contributed by atoms with Crippen LogP contribution in [0.2, 0.25) is 0 Å². The number of benzene rings is 3. The number of imide groups is 1. The predicted octanol–water partition coefficient (Wildman–Crippen LogP) is 4.60. The maximum atomic E-state index is 13.5. The number of fused-ring (bicyclic) bond motifs is 1. The Bertz CT molecular complexity index is 1350. The van der Waals surface area contributed by atoms with Gasteiger partial charge in [-0.15, -0.1) is 0 Å². The maximum Gasteiger partial charge on any atom is 0.261 e. The van der Waals surface area contributed by atoms with E-state index >= 15 is 0 Å². The molecule has 0 spiro atoms.